The molecule has 0 aliphatic carbocycles. The van der Waals surface area contributed by atoms with Crippen molar-refractivity contribution in [3.8, 4) is 0 Å². The summed E-state index contributed by atoms with van der Waals surface area (Å²) in [5, 5.41) is 0.606. The number of hydrogen-bond donors (Lipinski definition) is 2. The molecule has 4 nitrogen and oxygen atoms in total. The molecule has 0 spiro atoms. The predicted octanol–water partition coefficient (Wildman–Crippen LogP) is 1.41. The molecule has 15 heavy (non-hydrogen) atoms. The van der Waals surface area contributed by atoms with Gasteiger partial charge in [0.05, 0.1) is 17.4 Å². The molecule has 0 fully saturated rings. The van der Waals surface area contributed by atoms with Crippen LogP contribution in [0.2, 0.25) is 0 Å². The van der Waals surface area contributed by atoms with E-state index in [0.29, 0.717) is 16.7 Å². The first-order chi connectivity index (χ1) is 6.70. The zero-order valence-corrected chi connectivity index (χ0v) is 10.6. The van der Waals surface area contributed by atoms with Crippen LogP contribution >= 0.6 is 35.0 Å². The van der Waals surface area contributed by atoms with Crippen LogP contribution in [0.1, 0.15) is 5.82 Å². The van der Waals surface area contributed by atoms with Gasteiger partial charge in [0.25, 0.3) is 5.56 Å². The summed E-state index contributed by atoms with van der Waals surface area (Å²) in [5.74, 6) is 0.517. The first kappa shape index (κ1) is 12.4. The average molecular weight is 338 g/mol. The Morgan fingerprint density at radius 3 is 2.87 bits per heavy atom. The highest BCUT2D eigenvalue weighted by Gasteiger charge is 2.02. The van der Waals surface area contributed by atoms with Crippen LogP contribution in [0.15, 0.2) is 23.0 Å². The Morgan fingerprint density at radius 2 is 2.20 bits per heavy atom. The molecule has 1 heterocycles. The molecule has 0 amide bonds. The number of fused-ring (bicyclic) bond motifs is 1. The van der Waals surface area contributed by atoms with Crippen molar-refractivity contribution in [3.05, 3.63) is 37.9 Å². The normalized spacial score (nSPS) is 10.0. The summed E-state index contributed by atoms with van der Waals surface area (Å²) in [6, 6.07) is 5.54. The maximum atomic E-state index is 11.6. The third-order valence-corrected chi connectivity index (χ3v) is 2.58. The number of aromatic amines is 1. The molecule has 3 N–H and O–H groups in total. The van der Waals surface area contributed by atoms with Gasteiger partial charge in [-0.05, 0) is 40.8 Å². The molecule has 1 aromatic heterocycles. The minimum Gasteiger partial charge on any atom is -0.324 e. The van der Waals surface area contributed by atoms with Crippen LogP contribution in [0.5, 0.6) is 0 Å². The minimum atomic E-state index is -0.131. The molecular weight excluding hydrogens is 328 g/mol. The predicted molar refractivity (Wildman–Crippen MR) is 70.2 cm³/mol. The number of nitrogens with two attached hydrogens (primary N) is 1. The van der Waals surface area contributed by atoms with Crippen molar-refractivity contribution < 1.29 is 0 Å². The number of hydrogen-bond acceptors (Lipinski definition) is 3. The number of nitrogens with zero attached hydrogens (tertiary/aromatic N) is 1. The summed E-state index contributed by atoms with van der Waals surface area (Å²) in [5.41, 5.74) is 5.96. The van der Waals surface area contributed by atoms with E-state index in [1.165, 1.54) is 0 Å². The molecule has 0 saturated heterocycles. The van der Waals surface area contributed by atoms with Crippen molar-refractivity contribution in [2.45, 2.75) is 6.54 Å². The number of nitrogens with one attached hydrogen (secondary N) is 1. The molecule has 0 saturated carbocycles. The molecule has 0 unspecified atom stereocenters. The van der Waals surface area contributed by atoms with Gasteiger partial charge in [-0.1, -0.05) is 0 Å². The number of aromatic nitrogens is 2. The second-order valence-electron chi connectivity index (χ2n) is 2.88. The molecule has 0 aliphatic rings. The molecule has 2 aromatic rings. The molecule has 0 radical (unpaired) electrons. The van der Waals surface area contributed by atoms with E-state index in [2.05, 4.69) is 32.6 Å². The van der Waals surface area contributed by atoms with E-state index >= 15 is 0 Å². The van der Waals surface area contributed by atoms with Gasteiger partial charge in [0.1, 0.15) is 5.82 Å². The molecular formula is C9H9ClIN3O. The van der Waals surface area contributed by atoms with Crippen molar-refractivity contribution in [2.75, 3.05) is 0 Å². The van der Waals surface area contributed by atoms with Crippen LogP contribution in [-0.2, 0) is 6.54 Å². The maximum absolute atomic E-state index is 11.6. The van der Waals surface area contributed by atoms with Crippen molar-refractivity contribution in [1.29, 1.82) is 0 Å². The first-order valence-corrected chi connectivity index (χ1v) is 5.17. The number of benzene rings is 1. The van der Waals surface area contributed by atoms with Crippen LogP contribution < -0.4 is 11.3 Å². The smallest absolute Gasteiger partial charge is 0.258 e. The molecule has 6 heteroatoms. The Balaban J connectivity index is 0.00000112. The minimum absolute atomic E-state index is 0. The number of H-pyrrole nitrogens is 1. The van der Waals surface area contributed by atoms with Crippen LogP contribution in [0.25, 0.3) is 10.9 Å². The SMILES string of the molecule is Cl.NCc1nc2ccc(I)cc2c(=O)[nH]1. The number of halogens is 2. The van der Waals surface area contributed by atoms with E-state index in [1.54, 1.807) is 0 Å². The fourth-order valence-electron chi connectivity index (χ4n) is 1.26. The third-order valence-electron chi connectivity index (χ3n) is 1.91. The van der Waals surface area contributed by atoms with Gasteiger partial charge in [0.2, 0.25) is 0 Å². The quantitative estimate of drug-likeness (QED) is 0.773. The highest BCUT2D eigenvalue weighted by Crippen LogP contribution is 2.11. The van der Waals surface area contributed by atoms with E-state index in [0.717, 1.165) is 3.57 Å². The van der Waals surface area contributed by atoms with Gasteiger partial charge >= 0.3 is 0 Å². The standard InChI is InChI=1S/C9H8IN3O.ClH/c10-5-1-2-7-6(3-5)9(14)13-8(4-11)12-7;/h1-3H,4,11H2,(H,12,13,14);1H. The second-order valence-corrected chi connectivity index (χ2v) is 4.12. The Morgan fingerprint density at radius 1 is 1.47 bits per heavy atom. The average Bonchev–Trinajstić information content (AvgIpc) is 2.19. The van der Waals surface area contributed by atoms with Gasteiger partial charge in [0, 0.05) is 3.57 Å². The fourth-order valence-corrected chi connectivity index (χ4v) is 1.75. The van der Waals surface area contributed by atoms with Gasteiger partial charge in [-0.2, -0.15) is 0 Å². The first-order valence-electron chi connectivity index (χ1n) is 4.09. The summed E-state index contributed by atoms with van der Waals surface area (Å²) >= 11 is 2.16. The Labute approximate surface area is 106 Å². The van der Waals surface area contributed by atoms with E-state index in [-0.39, 0.29) is 24.5 Å². The maximum Gasteiger partial charge on any atom is 0.258 e. The van der Waals surface area contributed by atoms with Crippen LogP contribution in [-0.4, -0.2) is 9.97 Å². The monoisotopic (exact) mass is 337 g/mol. The summed E-state index contributed by atoms with van der Waals surface area (Å²) < 4.78 is 1.02. The zero-order chi connectivity index (χ0) is 10.1. The fraction of sp³-hybridized carbons (Fsp3) is 0.111. The third kappa shape index (κ3) is 2.47. The lowest BCUT2D eigenvalue weighted by Gasteiger charge is -2.00. The topological polar surface area (TPSA) is 71.8 Å². The highest BCUT2D eigenvalue weighted by molar-refractivity contribution is 14.1. The van der Waals surface area contributed by atoms with Gasteiger partial charge in [-0.25, -0.2) is 4.98 Å². The van der Waals surface area contributed by atoms with Gasteiger partial charge < -0.3 is 10.7 Å². The van der Waals surface area contributed by atoms with E-state index in [1.807, 2.05) is 18.2 Å². The van der Waals surface area contributed by atoms with Crippen molar-refractivity contribution in [2.24, 2.45) is 5.73 Å². The highest BCUT2D eigenvalue weighted by atomic mass is 127. The van der Waals surface area contributed by atoms with E-state index in [4.69, 9.17) is 5.73 Å². The van der Waals surface area contributed by atoms with E-state index < -0.39 is 0 Å². The van der Waals surface area contributed by atoms with E-state index in [9.17, 15) is 4.79 Å². The lowest BCUT2D eigenvalue weighted by Crippen LogP contribution is -2.14. The summed E-state index contributed by atoms with van der Waals surface area (Å²) in [7, 11) is 0. The molecule has 2 rings (SSSR count). The van der Waals surface area contributed by atoms with Crippen LogP contribution in [0.3, 0.4) is 0 Å². The molecule has 1 aromatic carbocycles. The van der Waals surface area contributed by atoms with Crippen molar-refractivity contribution in [3.63, 3.8) is 0 Å². The Hall–Kier alpha value is -0.660. The molecule has 0 bridgehead atoms. The van der Waals surface area contributed by atoms with Gasteiger partial charge in [0.15, 0.2) is 0 Å². The van der Waals surface area contributed by atoms with Gasteiger partial charge in [-0.15, -0.1) is 12.4 Å². The Kier molecular flexibility index (Phi) is 4.06. The second kappa shape index (κ2) is 4.91. The summed E-state index contributed by atoms with van der Waals surface area (Å²) in [4.78, 5) is 18.4. The van der Waals surface area contributed by atoms with Crippen molar-refractivity contribution in [1.82, 2.24) is 9.97 Å². The summed E-state index contributed by atoms with van der Waals surface area (Å²) in [6.07, 6.45) is 0. The van der Waals surface area contributed by atoms with Gasteiger partial charge in [-0.3, -0.25) is 4.79 Å². The lowest BCUT2D eigenvalue weighted by atomic mass is 10.2. The summed E-state index contributed by atoms with van der Waals surface area (Å²) in [6.45, 7) is 0.247. The molecule has 80 valence electrons. The van der Waals surface area contributed by atoms with Crippen LogP contribution in [0, 0.1) is 3.57 Å². The van der Waals surface area contributed by atoms with Crippen LogP contribution in [0.4, 0.5) is 0 Å². The van der Waals surface area contributed by atoms with Crippen molar-refractivity contribution >= 4 is 45.9 Å². The molecule has 0 aliphatic heterocycles. The molecule has 0 atom stereocenters. The lowest BCUT2D eigenvalue weighted by molar-refractivity contribution is 0.913. The zero-order valence-electron chi connectivity index (χ0n) is 7.66. The Bertz CT molecular complexity index is 540. The largest absolute Gasteiger partial charge is 0.324 e. The number of rotatable bonds is 1.